The van der Waals surface area contributed by atoms with Crippen molar-refractivity contribution < 1.29 is 0 Å². The van der Waals surface area contributed by atoms with Crippen LogP contribution in [0.1, 0.15) is 49.5 Å². The highest BCUT2D eigenvalue weighted by molar-refractivity contribution is 5.90. The third-order valence-electron chi connectivity index (χ3n) is 4.81. The SMILES string of the molecule is N#C/C(=C\c1ccn(C2CCCCC2)c1)c1nc2ccccc2[nH]1. The molecule has 4 rings (SSSR count). The van der Waals surface area contributed by atoms with Crippen LogP contribution >= 0.6 is 0 Å². The summed E-state index contributed by atoms with van der Waals surface area (Å²) in [6.45, 7) is 0. The molecule has 3 aromatic rings. The van der Waals surface area contributed by atoms with Crippen molar-refractivity contribution in [3.63, 3.8) is 0 Å². The summed E-state index contributed by atoms with van der Waals surface area (Å²) in [4.78, 5) is 7.75. The molecule has 2 heterocycles. The van der Waals surface area contributed by atoms with Gasteiger partial charge in [0.2, 0.25) is 0 Å². The Bertz CT molecular complexity index is 883. The Morgan fingerprint density at radius 2 is 2.04 bits per heavy atom. The van der Waals surface area contributed by atoms with E-state index in [9.17, 15) is 5.26 Å². The number of aromatic nitrogens is 3. The molecule has 0 amide bonds. The first-order valence-electron chi connectivity index (χ1n) is 8.58. The molecule has 0 aliphatic heterocycles. The average molecular weight is 316 g/mol. The lowest BCUT2D eigenvalue weighted by atomic mass is 9.95. The Hall–Kier alpha value is -2.80. The van der Waals surface area contributed by atoms with Crippen molar-refractivity contribution in [2.75, 3.05) is 0 Å². The van der Waals surface area contributed by atoms with Crippen LogP contribution in [0.5, 0.6) is 0 Å². The van der Waals surface area contributed by atoms with Gasteiger partial charge < -0.3 is 9.55 Å². The zero-order valence-corrected chi connectivity index (χ0v) is 13.6. The summed E-state index contributed by atoms with van der Waals surface area (Å²) < 4.78 is 2.30. The molecular weight excluding hydrogens is 296 g/mol. The molecule has 24 heavy (non-hydrogen) atoms. The van der Waals surface area contributed by atoms with E-state index in [4.69, 9.17) is 0 Å². The molecule has 0 saturated heterocycles. The first-order valence-corrected chi connectivity index (χ1v) is 8.58. The number of imidazole rings is 1. The van der Waals surface area contributed by atoms with Gasteiger partial charge >= 0.3 is 0 Å². The van der Waals surface area contributed by atoms with Crippen LogP contribution in [-0.4, -0.2) is 14.5 Å². The molecule has 1 aliphatic carbocycles. The first kappa shape index (κ1) is 14.8. The van der Waals surface area contributed by atoms with Crippen LogP contribution in [0.15, 0.2) is 42.7 Å². The van der Waals surface area contributed by atoms with Crippen LogP contribution in [0.25, 0.3) is 22.7 Å². The summed E-state index contributed by atoms with van der Waals surface area (Å²) in [7, 11) is 0. The Morgan fingerprint density at radius 3 is 2.83 bits per heavy atom. The van der Waals surface area contributed by atoms with Crippen molar-refractivity contribution in [3.8, 4) is 6.07 Å². The second kappa shape index (κ2) is 6.37. The van der Waals surface area contributed by atoms with Crippen molar-refractivity contribution in [1.82, 2.24) is 14.5 Å². The van der Waals surface area contributed by atoms with Crippen LogP contribution in [0.2, 0.25) is 0 Å². The molecule has 1 saturated carbocycles. The van der Waals surface area contributed by atoms with Crippen molar-refractivity contribution in [3.05, 3.63) is 54.1 Å². The number of H-pyrrole nitrogens is 1. The van der Waals surface area contributed by atoms with Crippen LogP contribution in [0, 0.1) is 11.3 Å². The highest BCUT2D eigenvalue weighted by atomic mass is 15.0. The summed E-state index contributed by atoms with van der Waals surface area (Å²) in [5, 5.41) is 9.54. The fourth-order valence-corrected chi connectivity index (χ4v) is 3.52. The van der Waals surface area contributed by atoms with E-state index in [2.05, 4.69) is 39.1 Å². The van der Waals surface area contributed by atoms with E-state index in [1.807, 2.05) is 30.3 Å². The summed E-state index contributed by atoms with van der Waals surface area (Å²) in [6.07, 6.45) is 12.7. The lowest BCUT2D eigenvalue weighted by molar-refractivity contribution is 0.354. The molecule has 0 unspecified atom stereocenters. The molecule has 0 bridgehead atoms. The Morgan fingerprint density at radius 1 is 1.21 bits per heavy atom. The maximum absolute atomic E-state index is 9.54. The standard InChI is InChI=1S/C20H20N4/c21-13-16(20-22-18-8-4-5-9-19(18)23-20)12-15-10-11-24(14-15)17-6-2-1-3-7-17/h4-5,8-12,14,17H,1-3,6-7H2,(H,22,23)/b16-12+. The van der Waals surface area contributed by atoms with Crippen LogP contribution in [0.4, 0.5) is 0 Å². The third-order valence-corrected chi connectivity index (χ3v) is 4.81. The minimum absolute atomic E-state index is 0.563. The molecule has 0 radical (unpaired) electrons. The molecule has 120 valence electrons. The predicted octanol–water partition coefficient (Wildman–Crippen LogP) is 4.93. The van der Waals surface area contributed by atoms with Gasteiger partial charge in [0.1, 0.15) is 11.9 Å². The molecule has 4 nitrogen and oxygen atoms in total. The number of para-hydroxylation sites is 2. The Labute approximate surface area is 141 Å². The van der Waals surface area contributed by atoms with Gasteiger partial charge in [-0.15, -0.1) is 0 Å². The number of hydrogen-bond acceptors (Lipinski definition) is 2. The van der Waals surface area contributed by atoms with E-state index in [1.165, 1.54) is 32.1 Å². The molecule has 1 aromatic carbocycles. The van der Waals surface area contributed by atoms with Gasteiger partial charge in [-0.2, -0.15) is 5.26 Å². The van der Waals surface area contributed by atoms with Crippen LogP contribution in [0.3, 0.4) is 0 Å². The lowest BCUT2D eigenvalue weighted by Gasteiger charge is -2.23. The number of nitriles is 1. The predicted molar refractivity (Wildman–Crippen MR) is 96.1 cm³/mol. The number of benzene rings is 1. The summed E-state index contributed by atoms with van der Waals surface area (Å²) >= 11 is 0. The van der Waals surface area contributed by atoms with E-state index in [0.717, 1.165) is 16.6 Å². The topological polar surface area (TPSA) is 57.4 Å². The molecular formula is C20H20N4. The summed E-state index contributed by atoms with van der Waals surface area (Å²) in [5.41, 5.74) is 3.45. The van der Waals surface area contributed by atoms with Crippen molar-refractivity contribution in [2.24, 2.45) is 0 Å². The smallest absolute Gasteiger partial charge is 0.149 e. The highest BCUT2D eigenvalue weighted by Gasteiger charge is 2.15. The number of allylic oxidation sites excluding steroid dienone is 1. The van der Waals surface area contributed by atoms with Crippen molar-refractivity contribution in [1.29, 1.82) is 5.26 Å². The van der Waals surface area contributed by atoms with Crippen molar-refractivity contribution >= 4 is 22.7 Å². The van der Waals surface area contributed by atoms with Crippen molar-refractivity contribution in [2.45, 2.75) is 38.1 Å². The van der Waals surface area contributed by atoms with Gasteiger partial charge in [-0.25, -0.2) is 4.98 Å². The van der Waals surface area contributed by atoms with Crippen LogP contribution in [-0.2, 0) is 0 Å². The van der Waals surface area contributed by atoms with E-state index in [0.29, 0.717) is 17.4 Å². The number of nitrogens with one attached hydrogen (secondary N) is 1. The maximum Gasteiger partial charge on any atom is 0.149 e. The average Bonchev–Trinajstić information content (AvgIpc) is 3.27. The molecule has 2 aromatic heterocycles. The zero-order valence-electron chi connectivity index (χ0n) is 13.6. The minimum atomic E-state index is 0.563. The first-order chi connectivity index (χ1) is 11.8. The lowest BCUT2D eigenvalue weighted by Crippen LogP contribution is -2.10. The Balaban J connectivity index is 1.63. The second-order valence-corrected chi connectivity index (χ2v) is 6.46. The molecule has 0 spiro atoms. The van der Waals surface area contributed by atoms with Gasteiger partial charge in [0.05, 0.1) is 16.6 Å². The van der Waals surface area contributed by atoms with E-state index >= 15 is 0 Å². The van der Waals surface area contributed by atoms with E-state index in [-0.39, 0.29) is 0 Å². The van der Waals surface area contributed by atoms with Crippen LogP contribution < -0.4 is 0 Å². The molecule has 4 heteroatoms. The molecule has 1 aliphatic rings. The normalized spacial score (nSPS) is 16.4. The third kappa shape index (κ3) is 2.85. The van der Waals surface area contributed by atoms with E-state index < -0.39 is 0 Å². The number of rotatable bonds is 3. The monoisotopic (exact) mass is 316 g/mol. The summed E-state index contributed by atoms with van der Waals surface area (Å²) in [5.74, 6) is 0.629. The fourth-order valence-electron chi connectivity index (χ4n) is 3.52. The largest absolute Gasteiger partial charge is 0.351 e. The highest BCUT2D eigenvalue weighted by Crippen LogP contribution is 2.29. The van der Waals surface area contributed by atoms with Gasteiger partial charge in [0.15, 0.2) is 0 Å². The zero-order chi connectivity index (χ0) is 16.4. The second-order valence-electron chi connectivity index (χ2n) is 6.46. The van der Waals surface area contributed by atoms with Gasteiger partial charge in [-0.05, 0) is 42.7 Å². The quantitative estimate of drug-likeness (QED) is 0.696. The number of aromatic amines is 1. The Kier molecular flexibility index (Phi) is 3.92. The van der Waals surface area contributed by atoms with Gasteiger partial charge in [0, 0.05) is 18.4 Å². The van der Waals surface area contributed by atoms with Gasteiger partial charge in [0.25, 0.3) is 0 Å². The summed E-state index contributed by atoms with van der Waals surface area (Å²) in [6, 6.07) is 12.8. The minimum Gasteiger partial charge on any atom is -0.351 e. The fraction of sp³-hybridized carbons (Fsp3) is 0.300. The number of hydrogen-bond donors (Lipinski definition) is 1. The molecule has 0 atom stereocenters. The number of fused-ring (bicyclic) bond motifs is 1. The molecule has 1 N–H and O–H groups in total. The van der Waals surface area contributed by atoms with Gasteiger partial charge in [-0.3, -0.25) is 0 Å². The maximum atomic E-state index is 9.54. The van der Waals surface area contributed by atoms with E-state index in [1.54, 1.807) is 0 Å². The molecule has 1 fully saturated rings. The number of nitrogens with zero attached hydrogens (tertiary/aromatic N) is 3. The van der Waals surface area contributed by atoms with Gasteiger partial charge in [-0.1, -0.05) is 31.4 Å².